The quantitative estimate of drug-likeness (QED) is 0.752. The molecule has 140 valence electrons. The van der Waals surface area contributed by atoms with Crippen LogP contribution in [0.25, 0.3) is 0 Å². The summed E-state index contributed by atoms with van der Waals surface area (Å²) in [7, 11) is 1.51. The van der Waals surface area contributed by atoms with E-state index in [0.29, 0.717) is 19.4 Å². The molecule has 2 aromatic rings. The maximum atomic E-state index is 12.5. The molecule has 0 fully saturated rings. The van der Waals surface area contributed by atoms with Gasteiger partial charge >= 0.3 is 5.69 Å². The molecule has 1 heterocycles. The number of anilines is 2. The molecule has 1 aromatic heterocycles. The molecule has 0 aliphatic heterocycles. The van der Waals surface area contributed by atoms with Crippen molar-refractivity contribution < 1.29 is 4.79 Å². The number of carbonyl (C=O) groups is 1. The molecule has 0 atom stereocenters. The first kappa shape index (κ1) is 19.5. The van der Waals surface area contributed by atoms with Crippen LogP contribution in [-0.2, 0) is 17.8 Å². The van der Waals surface area contributed by atoms with Crippen LogP contribution in [0.1, 0.15) is 38.2 Å². The maximum absolute atomic E-state index is 12.5. The monoisotopic (exact) mass is 358 g/mol. The predicted molar refractivity (Wildman–Crippen MR) is 103 cm³/mol. The number of nitrogens with two attached hydrogens (primary N) is 1. The van der Waals surface area contributed by atoms with Crippen LogP contribution in [0.4, 0.5) is 11.5 Å². The topological polar surface area (TPSA) is 101 Å². The smallest absolute Gasteiger partial charge is 0.330 e. The Bertz CT molecular complexity index is 855. The van der Waals surface area contributed by atoms with E-state index in [9.17, 15) is 14.4 Å². The molecule has 0 aliphatic rings. The highest BCUT2D eigenvalue weighted by Crippen LogP contribution is 2.17. The fraction of sp³-hybridized carbons (Fsp3) is 0.421. The van der Waals surface area contributed by atoms with Crippen LogP contribution in [0.15, 0.2) is 39.9 Å². The molecule has 0 radical (unpaired) electrons. The van der Waals surface area contributed by atoms with Gasteiger partial charge in [-0.3, -0.25) is 19.1 Å². The van der Waals surface area contributed by atoms with Gasteiger partial charge in [0.2, 0.25) is 5.91 Å². The third-order valence-electron chi connectivity index (χ3n) is 4.36. The molecule has 0 bridgehead atoms. The molecule has 0 aliphatic carbocycles. The molecule has 26 heavy (non-hydrogen) atoms. The van der Waals surface area contributed by atoms with Crippen molar-refractivity contribution in [3.05, 3.63) is 56.7 Å². The van der Waals surface area contributed by atoms with Crippen molar-refractivity contribution in [3.63, 3.8) is 0 Å². The first-order valence-electron chi connectivity index (χ1n) is 8.88. The number of carbonyl (C=O) groups excluding carboxylic acids is 1. The van der Waals surface area contributed by atoms with E-state index in [4.69, 9.17) is 5.73 Å². The lowest BCUT2D eigenvalue weighted by Crippen LogP contribution is -2.39. The predicted octanol–water partition coefficient (Wildman–Crippen LogP) is 1.90. The molecule has 1 aromatic carbocycles. The van der Waals surface area contributed by atoms with E-state index in [2.05, 4.69) is 4.98 Å². The Kier molecular flexibility index (Phi) is 6.77. The highest BCUT2D eigenvalue weighted by atomic mass is 16.2. The Morgan fingerprint density at radius 1 is 1.19 bits per heavy atom. The summed E-state index contributed by atoms with van der Waals surface area (Å²) in [6.07, 6.45) is 3.38. The number of rotatable bonds is 8. The number of aryl methyl sites for hydroxylation is 1. The summed E-state index contributed by atoms with van der Waals surface area (Å²) >= 11 is 0. The van der Waals surface area contributed by atoms with E-state index in [1.54, 1.807) is 0 Å². The Balaban J connectivity index is 2.12. The summed E-state index contributed by atoms with van der Waals surface area (Å²) in [6.45, 7) is 2.40. The van der Waals surface area contributed by atoms with Crippen molar-refractivity contribution >= 4 is 17.4 Å². The van der Waals surface area contributed by atoms with E-state index in [0.717, 1.165) is 24.8 Å². The molecule has 0 saturated carbocycles. The van der Waals surface area contributed by atoms with Crippen molar-refractivity contribution in [3.8, 4) is 0 Å². The van der Waals surface area contributed by atoms with Crippen LogP contribution in [-0.4, -0.2) is 22.5 Å². The minimum Gasteiger partial charge on any atom is -0.383 e. The summed E-state index contributed by atoms with van der Waals surface area (Å²) in [5.41, 5.74) is 6.04. The fourth-order valence-corrected chi connectivity index (χ4v) is 2.82. The minimum absolute atomic E-state index is 0.0328. The van der Waals surface area contributed by atoms with Gasteiger partial charge in [-0.25, -0.2) is 4.79 Å². The van der Waals surface area contributed by atoms with E-state index in [1.807, 2.05) is 37.3 Å². The molecule has 1 amide bonds. The van der Waals surface area contributed by atoms with Crippen molar-refractivity contribution in [2.45, 2.75) is 45.6 Å². The third-order valence-corrected chi connectivity index (χ3v) is 4.36. The first-order chi connectivity index (χ1) is 12.5. The number of nitrogens with one attached hydrogen (secondary N) is 1. The first-order valence-corrected chi connectivity index (χ1v) is 8.88. The van der Waals surface area contributed by atoms with Crippen LogP contribution in [0.5, 0.6) is 0 Å². The van der Waals surface area contributed by atoms with Crippen molar-refractivity contribution in [2.75, 3.05) is 17.7 Å². The van der Waals surface area contributed by atoms with Gasteiger partial charge < -0.3 is 10.6 Å². The standard InChI is InChI=1S/C19H26N4O3/c1-3-4-13-23-17(20)16(18(25)21-19(23)26)22(2)15(24)12-8-11-14-9-6-5-7-10-14/h5-7,9-10H,3-4,8,11-13,20H2,1-2H3,(H,21,25,26). The van der Waals surface area contributed by atoms with E-state index < -0.39 is 11.2 Å². The molecular weight excluding hydrogens is 332 g/mol. The molecule has 2 rings (SSSR count). The van der Waals surface area contributed by atoms with Gasteiger partial charge in [-0.15, -0.1) is 0 Å². The number of aromatic amines is 1. The zero-order valence-corrected chi connectivity index (χ0v) is 15.3. The van der Waals surface area contributed by atoms with Crippen molar-refractivity contribution in [1.82, 2.24) is 9.55 Å². The minimum atomic E-state index is -0.640. The number of amides is 1. The molecule has 7 heteroatoms. The average molecular weight is 358 g/mol. The van der Waals surface area contributed by atoms with Gasteiger partial charge in [-0.05, 0) is 24.8 Å². The Morgan fingerprint density at radius 2 is 1.88 bits per heavy atom. The highest BCUT2D eigenvalue weighted by Gasteiger charge is 2.20. The van der Waals surface area contributed by atoms with E-state index >= 15 is 0 Å². The zero-order chi connectivity index (χ0) is 19.1. The van der Waals surface area contributed by atoms with Gasteiger partial charge in [0.05, 0.1) is 0 Å². The van der Waals surface area contributed by atoms with Gasteiger partial charge in [-0.1, -0.05) is 43.7 Å². The SMILES string of the molecule is CCCCn1c(N)c(N(C)C(=O)CCCc2ccccc2)c(=O)[nH]c1=O. The van der Waals surface area contributed by atoms with Crippen molar-refractivity contribution in [2.24, 2.45) is 0 Å². The second-order valence-electron chi connectivity index (χ2n) is 6.29. The third kappa shape index (κ3) is 4.62. The van der Waals surface area contributed by atoms with Crippen LogP contribution in [0, 0.1) is 0 Å². The molecule has 0 saturated heterocycles. The maximum Gasteiger partial charge on any atom is 0.330 e. The number of H-pyrrole nitrogens is 1. The van der Waals surface area contributed by atoms with Crippen LogP contribution >= 0.6 is 0 Å². The van der Waals surface area contributed by atoms with Gasteiger partial charge in [0, 0.05) is 20.0 Å². The number of nitrogens with zero attached hydrogens (tertiary/aromatic N) is 2. The summed E-state index contributed by atoms with van der Waals surface area (Å²) in [4.78, 5) is 40.1. The Hall–Kier alpha value is -2.83. The number of hydrogen-bond donors (Lipinski definition) is 2. The van der Waals surface area contributed by atoms with Gasteiger partial charge in [-0.2, -0.15) is 0 Å². The summed E-state index contributed by atoms with van der Waals surface area (Å²) in [5.74, 6) is -0.176. The summed E-state index contributed by atoms with van der Waals surface area (Å²) < 4.78 is 1.31. The Morgan fingerprint density at radius 3 is 2.54 bits per heavy atom. The van der Waals surface area contributed by atoms with E-state index in [-0.39, 0.29) is 17.4 Å². The molecule has 0 unspecified atom stereocenters. The summed E-state index contributed by atoms with van der Waals surface area (Å²) in [6, 6.07) is 9.90. The fourth-order valence-electron chi connectivity index (χ4n) is 2.82. The van der Waals surface area contributed by atoms with Crippen LogP contribution in [0.3, 0.4) is 0 Å². The van der Waals surface area contributed by atoms with Gasteiger partial charge in [0.15, 0.2) is 5.69 Å². The number of aromatic nitrogens is 2. The van der Waals surface area contributed by atoms with Crippen molar-refractivity contribution in [1.29, 1.82) is 0 Å². The normalized spacial score (nSPS) is 10.7. The molecular formula is C19H26N4O3. The number of benzene rings is 1. The molecule has 7 nitrogen and oxygen atoms in total. The largest absolute Gasteiger partial charge is 0.383 e. The summed E-state index contributed by atoms with van der Waals surface area (Å²) in [5, 5.41) is 0. The second-order valence-corrected chi connectivity index (χ2v) is 6.29. The number of unbranched alkanes of at least 4 members (excludes halogenated alkanes) is 1. The second kappa shape index (κ2) is 9.03. The lowest BCUT2D eigenvalue weighted by Gasteiger charge is -2.20. The molecule has 3 N–H and O–H groups in total. The van der Waals surface area contributed by atoms with Crippen LogP contribution in [0.2, 0.25) is 0 Å². The lowest BCUT2D eigenvalue weighted by molar-refractivity contribution is -0.118. The molecule has 0 spiro atoms. The Labute approximate surface area is 152 Å². The van der Waals surface area contributed by atoms with Crippen LogP contribution < -0.4 is 21.9 Å². The lowest BCUT2D eigenvalue weighted by atomic mass is 10.1. The number of nitrogen functional groups attached to an aromatic ring is 1. The highest BCUT2D eigenvalue weighted by molar-refractivity contribution is 5.94. The average Bonchev–Trinajstić information content (AvgIpc) is 2.62. The number of hydrogen-bond acceptors (Lipinski definition) is 4. The van der Waals surface area contributed by atoms with Gasteiger partial charge in [0.1, 0.15) is 5.82 Å². The van der Waals surface area contributed by atoms with Gasteiger partial charge in [0.25, 0.3) is 5.56 Å². The van der Waals surface area contributed by atoms with E-state index in [1.165, 1.54) is 16.5 Å². The zero-order valence-electron chi connectivity index (χ0n) is 15.3.